The highest BCUT2D eigenvalue weighted by Crippen LogP contribution is 2.32. The number of nitrogens with zero attached hydrogens (tertiary/aromatic N) is 1. The third-order valence-electron chi connectivity index (χ3n) is 3.86. The number of nitrogens with two attached hydrogens (primary N) is 1. The van der Waals surface area contributed by atoms with Crippen molar-refractivity contribution in [1.29, 1.82) is 0 Å². The molecule has 6 heteroatoms. The minimum Gasteiger partial charge on any atom is -0.483 e. The van der Waals surface area contributed by atoms with E-state index in [4.69, 9.17) is 10.5 Å². The second-order valence-electron chi connectivity index (χ2n) is 5.74. The molecule has 0 unspecified atom stereocenters. The molecule has 0 spiro atoms. The number of hydrogen-bond donors (Lipinski definition) is 2. The zero-order valence-electron chi connectivity index (χ0n) is 14.2. The zero-order valence-corrected chi connectivity index (χ0v) is 15.8. The highest BCUT2D eigenvalue weighted by atomic mass is 79.9. The van der Waals surface area contributed by atoms with Crippen LogP contribution in [0, 0.1) is 0 Å². The molecule has 5 nitrogen and oxygen atoms in total. The van der Waals surface area contributed by atoms with E-state index in [-0.39, 0.29) is 12.5 Å². The van der Waals surface area contributed by atoms with Crippen LogP contribution in [0.25, 0.3) is 10.8 Å². The Hall–Kier alpha value is -2.86. The maximum atomic E-state index is 12.0. The summed E-state index contributed by atoms with van der Waals surface area (Å²) in [6.07, 6.45) is 0. The van der Waals surface area contributed by atoms with E-state index in [0.717, 1.165) is 20.8 Å². The smallest absolute Gasteiger partial charge is 0.277 e. The molecular weight excluding hydrogens is 394 g/mol. The SMILES string of the molecule is C/C(=N\NC(=O)COc1ccc2ccccc2c1Br)c1ccc(N)cc1. The Morgan fingerprint density at radius 2 is 1.85 bits per heavy atom. The number of halogens is 1. The fraction of sp³-hybridized carbons (Fsp3) is 0.100. The summed E-state index contributed by atoms with van der Waals surface area (Å²) in [6.45, 7) is 1.68. The summed E-state index contributed by atoms with van der Waals surface area (Å²) in [7, 11) is 0. The largest absolute Gasteiger partial charge is 0.483 e. The van der Waals surface area contributed by atoms with E-state index < -0.39 is 0 Å². The molecule has 0 atom stereocenters. The lowest BCUT2D eigenvalue weighted by Gasteiger charge is -2.10. The first-order chi connectivity index (χ1) is 12.5. The van der Waals surface area contributed by atoms with E-state index in [0.29, 0.717) is 17.1 Å². The third kappa shape index (κ3) is 4.21. The zero-order chi connectivity index (χ0) is 18.5. The first kappa shape index (κ1) is 17.9. The Balaban J connectivity index is 1.61. The van der Waals surface area contributed by atoms with Crippen molar-refractivity contribution in [2.75, 3.05) is 12.3 Å². The standard InChI is InChI=1S/C20H18BrN3O2/c1-13(14-6-9-16(22)10-7-14)23-24-19(25)12-26-18-11-8-15-4-2-3-5-17(15)20(18)21/h2-11H,12,22H2,1H3,(H,24,25)/b23-13+. The maximum Gasteiger partial charge on any atom is 0.277 e. The van der Waals surface area contributed by atoms with Crippen LogP contribution < -0.4 is 15.9 Å². The van der Waals surface area contributed by atoms with Gasteiger partial charge in [0, 0.05) is 5.69 Å². The molecule has 0 aliphatic carbocycles. The summed E-state index contributed by atoms with van der Waals surface area (Å²) in [5.41, 5.74) is 10.4. The van der Waals surface area contributed by atoms with Gasteiger partial charge in [-0.25, -0.2) is 5.43 Å². The van der Waals surface area contributed by atoms with Gasteiger partial charge in [0.1, 0.15) is 5.75 Å². The highest BCUT2D eigenvalue weighted by Gasteiger charge is 2.08. The van der Waals surface area contributed by atoms with Gasteiger partial charge in [-0.3, -0.25) is 4.79 Å². The number of benzene rings is 3. The molecule has 1 amide bonds. The molecule has 26 heavy (non-hydrogen) atoms. The quantitative estimate of drug-likeness (QED) is 0.376. The van der Waals surface area contributed by atoms with Crippen LogP contribution in [0.1, 0.15) is 12.5 Å². The fourth-order valence-corrected chi connectivity index (χ4v) is 3.04. The van der Waals surface area contributed by atoms with Crippen molar-refractivity contribution in [1.82, 2.24) is 5.43 Å². The monoisotopic (exact) mass is 411 g/mol. The Bertz CT molecular complexity index is 968. The van der Waals surface area contributed by atoms with E-state index in [1.54, 1.807) is 12.1 Å². The fourth-order valence-electron chi connectivity index (χ4n) is 2.44. The van der Waals surface area contributed by atoms with E-state index in [2.05, 4.69) is 26.5 Å². The lowest BCUT2D eigenvalue weighted by molar-refractivity contribution is -0.123. The van der Waals surface area contributed by atoms with Crippen molar-refractivity contribution in [2.24, 2.45) is 5.10 Å². The Morgan fingerprint density at radius 1 is 1.12 bits per heavy atom. The number of fused-ring (bicyclic) bond motifs is 1. The van der Waals surface area contributed by atoms with Crippen LogP contribution in [-0.4, -0.2) is 18.2 Å². The third-order valence-corrected chi connectivity index (χ3v) is 4.68. The number of carbonyl (C=O) groups excluding carboxylic acids is 1. The van der Waals surface area contributed by atoms with Crippen LogP contribution in [0.4, 0.5) is 5.69 Å². The number of nitrogen functional groups attached to an aromatic ring is 1. The molecule has 0 radical (unpaired) electrons. The van der Waals surface area contributed by atoms with Gasteiger partial charge in [0.15, 0.2) is 6.61 Å². The minimum atomic E-state index is -0.333. The van der Waals surface area contributed by atoms with Gasteiger partial charge in [-0.1, -0.05) is 42.5 Å². The Kier molecular flexibility index (Phi) is 5.53. The number of hydrogen-bond acceptors (Lipinski definition) is 4. The van der Waals surface area contributed by atoms with Crippen molar-refractivity contribution < 1.29 is 9.53 Å². The summed E-state index contributed by atoms with van der Waals surface area (Å²) in [6, 6.07) is 19.0. The van der Waals surface area contributed by atoms with Crippen LogP contribution in [0.2, 0.25) is 0 Å². The van der Waals surface area contributed by atoms with Gasteiger partial charge in [0.05, 0.1) is 10.2 Å². The highest BCUT2D eigenvalue weighted by molar-refractivity contribution is 9.10. The van der Waals surface area contributed by atoms with Crippen LogP contribution >= 0.6 is 15.9 Å². The summed E-state index contributed by atoms with van der Waals surface area (Å²) >= 11 is 3.54. The molecule has 3 rings (SSSR count). The van der Waals surface area contributed by atoms with Crippen LogP contribution in [-0.2, 0) is 4.79 Å². The second-order valence-corrected chi connectivity index (χ2v) is 6.53. The average Bonchev–Trinajstić information content (AvgIpc) is 2.66. The number of ether oxygens (including phenoxy) is 1. The summed E-state index contributed by atoms with van der Waals surface area (Å²) < 4.78 is 6.44. The number of anilines is 1. The van der Waals surface area contributed by atoms with Gasteiger partial charge in [0.2, 0.25) is 0 Å². The number of amides is 1. The topological polar surface area (TPSA) is 76.7 Å². The maximum absolute atomic E-state index is 12.0. The molecule has 3 aromatic carbocycles. The van der Waals surface area contributed by atoms with Crippen molar-refractivity contribution in [3.8, 4) is 5.75 Å². The number of hydrazone groups is 1. The molecule has 0 saturated heterocycles. The van der Waals surface area contributed by atoms with Crippen molar-refractivity contribution in [3.63, 3.8) is 0 Å². The van der Waals surface area contributed by atoms with Crippen molar-refractivity contribution in [3.05, 3.63) is 70.7 Å². The van der Waals surface area contributed by atoms with Gasteiger partial charge < -0.3 is 10.5 Å². The molecule has 0 heterocycles. The van der Waals surface area contributed by atoms with Crippen LogP contribution in [0.3, 0.4) is 0 Å². The van der Waals surface area contributed by atoms with E-state index in [1.165, 1.54) is 0 Å². The van der Waals surface area contributed by atoms with Gasteiger partial charge in [-0.05, 0) is 57.4 Å². The van der Waals surface area contributed by atoms with Crippen molar-refractivity contribution >= 4 is 44.0 Å². The molecule has 0 saturated carbocycles. The Labute approximate surface area is 160 Å². The normalized spacial score (nSPS) is 11.4. The van der Waals surface area contributed by atoms with Crippen LogP contribution in [0.15, 0.2) is 70.2 Å². The molecule has 3 aromatic rings. The van der Waals surface area contributed by atoms with E-state index in [9.17, 15) is 4.79 Å². The molecule has 0 aliphatic heterocycles. The summed E-state index contributed by atoms with van der Waals surface area (Å²) in [5.74, 6) is 0.276. The first-order valence-corrected chi connectivity index (χ1v) is 8.83. The van der Waals surface area contributed by atoms with Gasteiger partial charge in [0.25, 0.3) is 5.91 Å². The molecule has 0 aromatic heterocycles. The van der Waals surface area contributed by atoms with Crippen molar-refractivity contribution in [2.45, 2.75) is 6.92 Å². The molecule has 0 bridgehead atoms. The summed E-state index contributed by atoms with van der Waals surface area (Å²) in [5, 5.41) is 6.22. The molecule has 3 N–H and O–H groups in total. The first-order valence-electron chi connectivity index (χ1n) is 8.03. The molecule has 0 aliphatic rings. The van der Waals surface area contributed by atoms with Gasteiger partial charge in [-0.2, -0.15) is 5.10 Å². The minimum absolute atomic E-state index is 0.130. The van der Waals surface area contributed by atoms with E-state index in [1.807, 2.05) is 55.5 Å². The molecular formula is C20H18BrN3O2. The number of carbonyl (C=O) groups is 1. The van der Waals surface area contributed by atoms with E-state index >= 15 is 0 Å². The second kappa shape index (κ2) is 8.01. The van der Waals surface area contributed by atoms with Gasteiger partial charge in [-0.15, -0.1) is 0 Å². The lowest BCUT2D eigenvalue weighted by Crippen LogP contribution is -2.25. The van der Waals surface area contributed by atoms with Gasteiger partial charge >= 0.3 is 0 Å². The predicted molar refractivity (Wildman–Crippen MR) is 108 cm³/mol. The molecule has 132 valence electrons. The molecule has 0 fully saturated rings. The summed E-state index contributed by atoms with van der Waals surface area (Å²) in [4.78, 5) is 12.0. The predicted octanol–water partition coefficient (Wildman–Crippen LogP) is 4.10. The lowest BCUT2D eigenvalue weighted by atomic mass is 10.1. The van der Waals surface area contributed by atoms with Crippen LogP contribution in [0.5, 0.6) is 5.75 Å². The Morgan fingerprint density at radius 3 is 2.62 bits per heavy atom. The number of rotatable bonds is 5. The average molecular weight is 412 g/mol. The number of nitrogens with one attached hydrogen (secondary N) is 1.